The van der Waals surface area contributed by atoms with E-state index in [1.807, 2.05) is 7.11 Å². The van der Waals surface area contributed by atoms with Gasteiger partial charge in [0.1, 0.15) is 0 Å². The zero-order chi connectivity index (χ0) is 13.1. The van der Waals surface area contributed by atoms with Crippen LogP contribution >= 0.6 is 31.9 Å². The van der Waals surface area contributed by atoms with E-state index in [1.54, 1.807) is 0 Å². The molecule has 0 radical (unpaired) electrons. The van der Waals surface area contributed by atoms with Crippen LogP contribution in [0.2, 0.25) is 0 Å². The number of ether oxygens (including phenoxy) is 1. The van der Waals surface area contributed by atoms with Crippen molar-refractivity contribution in [2.75, 3.05) is 25.1 Å². The third-order valence-electron chi connectivity index (χ3n) is 3.72. The smallest absolute Gasteiger partial charge is 0.0772 e. The van der Waals surface area contributed by atoms with Crippen molar-refractivity contribution in [3.63, 3.8) is 0 Å². The molecule has 2 unspecified atom stereocenters. The molecular formula is C14H19Br2NO. The Balaban J connectivity index is 2.23. The van der Waals surface area contributed by atoms with Gasteiger partial charge < -0.3 is 9.64 Å². The van der Waals surface area contributed by atoms with Crippen molar-refractivity contribution in [1.29, 1.82) is 0 Å². The molecule has 0 bridgehead atoms. The lowest BCUT2D eigenvalue weighted by Gasteiger charge is -2.38. The van der Waals surface area contributed by atoms with E-state index in [0.717, 1.165) is 22.9 Å². The molecule has 1 aliphatic heterocycles. The Morgan fingerprint density at radius 3 is 2.89 bits per heavy atom. The van der Waals surface area contributed by atoms with Crippen LogP contribution in [0.15, 0.2) is 22.7 Å². The summed E-state index contributed by atoms with van der Waals surface area (Å²) < 4.78 is 6.73. The second-order valence-electron chi connectivity index (χ2n) is 4.89. The lowest BCUT2D eigenvalue weighted by molar-refractivity contribution is 0.0498. The molecule has 1 saturated heterocycles. The molecule has 0 aromatic heterocycles. The molecule has 1 aromatic carbocycles. The Bertz CT molecular complexity index is 411. The summed E-state index contributed by atoms with van der Waals surface area (Å²) >= 11 is 7.13. The molecule has 2 atom stereocenters. The minimum absolute atomic E-state index is 0.334. The molecule has 1 aliphatic rings. The molecule has 1 fully saturated rings. The van der Waals surface area contributed by atoms with E-state index < -0.39 is 0 Å². The molecule has 0 saturated carbocycles. The topological polar surface area (TPSA) is 12.5 Å². The molecule has 0 spiro atoms. The third-order valence-corrected chi connectivity index (χ3v) is 4.82. The van der Waals surface area contributed by atoms with E-state index in [4.69, 9.17) is 4.74 Å². The largest absolute Gasteiger partial charge is 0.379 e. The van der Waals surface area contributed by atoms with Gasteiger partial charge in [0.15, 0.2) is 0 Å². The van der Waals surface area contributed by atoms with Gasteiger partial charge in [0.25, 0.3) is 0 Å². The summed E-state index contributed by atoms with van der Waals surface area (Å²) in [6.07, 6.45) is 1.52. The number of piperidine rings is 1. The zero-order valence-electron chi connectivity index (χ0n) is 10.8. The maximum absolute atomic E-state index is 5.59. The van der Waals surface area contributed by atoms with Crippen LogP contribution in [-0.2, 0) is 10.1 Å². The van der Waals surface area contributed by atoms with E-state index in [1.165, 1.54) is 17.7 Å². The maximum atomic E-state index is 5.59. The van der Waals surface area contributed by atoms with Crippen LogP contribution in [-0.4, -0.2) is 26.3 Å². The van der Waals surface area contributed by atoms with Crippen molar-refractivity contribution in [2.45, 2.75) is 24.8 Å². The maximum Gasteiger partial charge on any atom is 0.0772 e. The lowest BCUT2D eigenvalue weighted by Crippen LogP contribution is -2.44. The predicted octanol–water partition coefficient (Wildman–Crippen LogP) is 4.21. The molecule has 0 aliphatic carbocycles. The SMILES string of the molecule is COC1CN(c2cc(Br)ccc2CBr)CCC1C. The highest BCUT2D eigenvalue weighted by Gasteiger charge is 2.27. The van der Waals surface area contributed by atoms with Crippen LogP contribution in [0.1, 0.15) is 18.9 Å². The van der Waals surface area contributed by atoms with Gasteiger partial charge in [-0.05, 0) is 30.0 Å². The van der Waals surface area contributed by atoms with E-state index in [0.29, 0.717) is 12.0 Å². The summed E-state index contributed by atoms with van der Waals surface area (Å²) in [5, 5.41) is 0.888. The van der Waals surface area contributed by atoms with Crippen molar-refractivity contribution in [2.24, 2.45) is 5.92 Å². The van der Waals surface area contributed by atoms with Crippen LogP contribution in [0, 0.1) is 5.92 Å². The Labute approximate surface area is 126 Å². The van der Waals surface area contributed by atoms with E-state index in [-0.39, 0.29) is 0 Å². The van der Waals surface area contributed by atoms with Crippen molar-refractivity contribution >= 4 is 37.5 Å². The Kier molecular flexibility index (Phi) is 5.10. The van der Waals surface area contributed by atoms with Crippen molar-refractivity contribution in [3.8, 4) is 0 Å². The van der Waals surface area contributed by atoms with Gasteiger partial charge in [0, 0.05) is 35.7 Å². The second kappa shape index (κ2) is 6.40. The number of hydrogen-bond donors (Lipinski definition) is 0. The average Bonchev–Trinajstić information content (AvgIpc) is 2.39. The number of hydrogen-bond acceptors (Lipinski definition) is 2. The van der Waals surface area contributed by atoms with Gasteiger partial charge in [-0.3, -0.25) is 0 Å². The number of methoxy groups -OCH3 is 1. The van der Waals surface area contributed by atoms with Gasteiger partial charge >= 0.3 is 0 Å². The summed E-state index contributed by atoms with van der Waals surface area (Å²) in [4.78, 5) is 2.44. The Hall–Kier alpha value is -0.0600. The quantitative estimate of drug-likeness (QED) is 0.732. The first-order chi connectivity index (χ1) is 8.65. The third kappa shape index (κ3) is 3.09. The fourth-order valence-electron chi connectivity index (χ4n) is 2.50. The van der Waals surface area contributed by atoms with Gasteiger partial charge in [0.2, 0.25) is 0 Å². The molecule has 4 heteroatoms. The monoisotopic (exact) mass is 375 g/mol. The highest BCUT2D eigenvalue weighted by atomic mass is 79.9. The number of rotatable bonds is 3. The summed E-state index contributed by atoms with van der Waals surface area (Å²) in [6.45, 7) is 4.36. The van der Waals surface area contributed by atoms with Crippen molar-refractivity contribution < 1.29 is 4.74 Å². The molecule has 100 valence electrons. The average molecular weight is 377 g/mol. The van der Waals surface area contributed by atoms with Crippen molar-refractivity contribution in [1.82, 2.24) is 0 Å². The predicted molar refractivity (Wildman–Crippen MR) is 83.6 cm³/mol. The summed E-state index contributed by atoms with van der Waals surface area (Å²) in [6, 6.07) is 6.48. The minimum Gasteiger partial charge on any atom is -0.379 e. The minimum atomic E-state index is 0.334. The van der Waals surface area contributed by atoms with Crippen LogP contribution in [0.4, 0.5) is 5.69 Å². The summed E-state index contributed by atoms with van der Waals surface area (Å²) in [7, 11) is 1.82. The molecular weight excluding hydrogens is 358 g/mol. The first kappa shape index (κ1) is 14.4. The number of benzene rings is 1. The van der Waals surface area contributed by atoms with Crippen LogP contribution in [0.5, 0.6) is 0 Å². The highest BCUT2D eigenvalue weighted by Crippen LogP contribution is 2.31. The second-order valence-corrected chi connectivity index (χ2v) is 6.37. The standard InChI is InChI=1S/C14H19Br2NO/c1-10-5-6-17(9-14(10)18-2)13-7-12(16)4-3-11(13)8-15/h3-4,7,10,14H,5-6,8-9H2,1-2H3. The highest BCUT2D eigenvalue weighted by molar-refractivity contribution is 9.10. The normalized spacial score (nSPS) is 24.3. The zero-order valence-corrected chi connectivity index (χ0v) is 14.0. The molecule has 2 rings (SSSR count). The fraction of sp³-hybridized carbons (Fsp3) is 0.571. The van der Waals surface area contributed by atoms with Gasteiger partial charge in [-0.1, -0.05) is 44.8 Å². The van der Waals surface area contributed by atoms with Gasteiger partial charge in [-0.25, -0.2) is 0 Å². The molecule has 1 aromatic rings. The number of anilines is 1. The Morgan fingerprint density at radius 2 is 2.22 bits per heavy atom. The van der Waals surface area contributed by atoms with Gasteiger partial charge in [-0.2, -0.15) is 0 Å². The fourth-order valence-corrected chi connectivity index (χ4v) is 3.33. The molecule has 1 heterocycles. The van der Waals surface area contributed by atoms with E-state index in [2.05, 4.69) is 61.9 Å². The first-order valence-electron chi connectivity index (χ1n) is 6.28. The molecule has 18 heavy (non-hydrogen) atoms. The summed E-state index contributed by atoms with van der Waals surface area (Å²) in [5.41, 5.74) is 2.65. The number of alkyl halides is 1. The van der Waals surface area contributed by atoms with Gasteiger partial charge in [0.05, 0.1) is 6.10 Å². The molecule has 0 amide bonds. The molecule has 0 N–H and O–H groups in total. The summed E-state index contributed by atoms with van der Waals surface area (Å²) in [5.74, 6) is 0.644. The van der Waals surface area contributed by atoms with E-state index in [9.17, 15) is 0 Å². The van der Waals surface area contributed by atoms with Gasteiger partial charge in [-0.15, -0.1) is 0 Å². The van der Waals surface area contributed by atoms with Crippen molar-refractivity contribution in [3.05, 3.63) is 28.2 Å². The Morgan fingerprint density at radius 1 is 1.44 bits per heavy atom. The van der Waals surface area contributed by atoms with E-state index >= 15 is 0 Å². The van der Waals surface area contributed by atoms with Crippen LogP contribution in [0.25, 0.3) is 0 Å². The number of nitrogens with zero attached hydrogens (tertiary/aromatic N) is 1. The molecule has 2 nitrogen and oxygen atoms in total. The van der Waals surface area contributed by atoms with Crippen LogP contribution < -0.4 is 4.90 Å². The number of halogens is 2. The lowest BCUT2D eigenvalue weighted by atomic mass is 9.95. The first-order valence-corrected chi connectivity index (χ1v) is 8.19. The van der Waals surface area contributed by atoms with Crippen LogP contribution in [0.3, 0.4) is 0 Å².